The number of nitrogens with zero attached hydrogens (tertiary/aromatic N) is 2. The number of hydrogen-bond donors (Lipinski definition) is 5. The first-order valence-corrected chi connectivity index (χ1v) is 19.7. The molecule has 1 aliphatic heterocycles. The van der Waals surface area contributed by atoms with Crippen molar-refractivity contribution in [3.05, 3.63) is 89.0 Å². The van der Waals surface area contributed by atoms with Gasteiger partial charge >= 0.3 is 5.97 Å². The molecule has 302 valence electrons. The van der Waals surface area contributed by atoms with E-state index >= 15 is 0 Å². The molecule has 0 radical (unpaired) electrons. The zero-order valence-electron chi connectivity index (χ0n) is 33.6. The SMILES string of the molecule is COc1c(CN2O[C@@H](CO)[C@@H]([C@H](C)O)[C@H]2C(=O)N[C@H]2C[C@@H]3C[C@H]([C@@H]2C)C3(C)C)cccc1-c1cc(C(=O)O)cc(C(=O)N[C@@H](Cc2ccccc2)CN(C)C)c1. The Morgan fingerprint density at radius 1 is 1.04 bits per heavy atom. The van der Waals surface area contributed by atoms with Crippen LogP contribution < -0.4 is 15.4 Å². The maximum atomic E-state index is 14.2. The maximum Gasteiger partial charge on any atom is 0.335 e. The van der Waals surface area contributed by atoms with Gasteiger partial charge in [0, 0.05) is 41.2 Å². The summed E-state index contributed by atoms with van der Waals surface area (Å²) in [6.45, 7) is 8.68. The number of rotatable bonds is 15. The summed E-state index contributed by atoms with van der Waals surface area (Å²) >= 11 is 0. The monoisotopic (exact) mass is 770 g/mol. The molecular formula is C44H58N4O8. The predicted molar refractivity (Wildman–Crippen MR) is 213 cm³/mol. The lowest BCUT2D eigenvalue weighted by Gasteiger charge is -2.62. The minimum Gasteiger partial charge on any atom is -0.496 e. The normalized spacial score (nSPS) is 26.6. The van der Waals surface area contributed by atoms with Crippen molar-refractivity contribution in [1.29, 1.82) is 0 Å². The van der Waals surface area contributed by atoms with E-state index in [0.717, 1.165) is 12.0 Å². The van der Waals surface area contributed by atoms with Gasteiger partial charge in [0.25, 0.3) is 5.91 Å². The number of amides is 2. The number of carbonyl (C=O) groups excluding carboxylic acids is 2. The fraction of sp³-hybridized carbons (Fsp3) is 0.523. The Morgan fingerprint density at radius 3 is 2.36 bits per heavy atom. The number of nitrogens with one attached hydrogen (secondary N) is 2. The fourth-order valence-electron chi connectivity index (χ4n) is 9.64. The molecule has 4 aliphatic rings. The van der Waals surface area contributed by atoms with Gasteiger partial charge in [0.15, 0.2) is 0 Å². The molecule has 3 saturated carbocycles. The molecule has 1 heterocycles. The molecule has 2 amide bonds. The van der Waals surface area contributed by atoms with Crippen molar-refractivity contribution in [2.45, 2.75) is 83.8 Å². The Kier molecular flexibility index (Phi) is 12.6. The summed E-state index contributed by atoms with van der Waals surface area (Å²) in [5, 5.41) is 39.4. The van der Waals surface area contributed by atoms with Crippen LogP contribution in [0.3, 0.4) is 0 Å². The van der Waals surface area contributed by atoms with E-state index in [9.17, 15) is 29.7 Å². The largest absolute Gasteiger partial charge is 0.496 e. The van der Waals surface area contributed by atoms with Crippen LogP contribution in [0.1, 0.15) is 72.4 Å². The third kappa shape index (κ3) is 8.50. The smallest absolute Gasteiger partial charge is 0.335 e. The zero-order valence-corrected chi connectivity index (χ0v) is 33.6. The van der Waals surface area contributed by atoms with Crippen molar-refractivity contribution < 1.29 is 39.3 Å². The zero-order chi connectivity index (χ0) is 40.5. The van der Waals surface area contributed by atoms with Crippen LogP contribution in [0.4, 0.5) is 0 Å². The molecule has 3 aliphatic carbocycles. The summed E-state index contributed by atoms with van der Waals surface area (Å²) in [7, 11) is 5.37. The Morgan fingerprint density at radius 2 is 1.75 bits per heavy atom. The average molecular weight is 771 g/mol. The summed E-state index contributed by atoms with van der Waals surface area (Å²) in [6.07, 6.45) is 0.885. The number of carboxylic acid groups (broad SMARTS) is 1. The Balaban J connectivity index is 1.28. The van der Waals surface area contributed by atoms with Crippen molar-refractivity contribution in [3.63, 3.8) is 0 Å². The number of benzene rings is 3. The van der Waals surface area contributed by atoms with Crippen molar-refractivity contribution in [2.75, 3.05) is 34.4 Å². The number of aliphatic hydroxyl groups excluding tert-OH is 2. The van der Waals surface area contributed by atoms with E-state index in [1.54, 1.807) is 25.1 Å². The molecular weight excluding hydrogens is 713 g/mol. The van der Waals surface area contributed by atoms with Gasteiger partial charge in [0.05, 0.1) is 31.9 Å². The summed E-state index contributed by atoms with van der Waals surface area (Å²) in [6, 6.07) is 18.7. The molecule has 0 spiro atoms. The third-order valence-electron chi connectivity index (χ3n) is 12.7. The third-order valence-corrected chi connectivity index (χ3v) is 12.7. The van der Waals surface area contributed by atoms with Crippen LogP contribution >= 0.6 is 0 Å². The van der Waals surface area contributed by atoms with E-state index in [0.29, 0.717) is 53.2 Å². The second-order valence-electron chi connectivity index (χ2n) is 17.0. The summed E-state index contributed by atoms with van der Waals surface area (Å²) in [5.74, 6) is -0.796. The summed E-state index contributed by atoms with van der Waals surface area (Å²) in [4.78, 5) is 48.7. The highest BCUT2D eigenvalue weighted by Gasteiger charge is 2.57. The molecule has 5 N–H and O–H groups in total. The number of methoxy groups -OCH3 is 1. The van der Waals surface area contributed by atoms with E-state index in [1.807, 2.05) is 55.4 Å². The average Bonchev–Trinajstić information content (AvgIpc) is 3.53. The molecule has 12 nitrogen and oxygen atoms in total. The van der Waals surface area contributed by atoms with Crippen LogP contribution in [0.25, 0.3) is 11.1 Å². The number of ether oxygens (including phenoxy) is 1. The second-order valence-corrected chi connectivity index (χ2v) is 17.0. The molecule has 0 aromatic heterocycles. The molecule has 1 saturated heterocycles. The first-order valence-electron chi connectivity index (χ1n) is 19.7. The number of hydrogen-bond acceptors (Lipinski definition) is 9. The van der Waals surface area contributed by atoms with Gasteiger partial charge in [0.2, 0.25) is 5.91 Å². The van der Waals surface area contributed by atoms with Gasteiger partial charge in [-0.05, 0) is 92.8 Å². The first kappa shape index (κ1) is 41.3. The lowest BCUT2D eigenvalue weighted by Crippen LogP contribution is -2.62. The van der Waals surface area contributed by atoms with Crippen LogP contribution in [0.2, 0.25) is 0 Å². The van der Waals surface area contributed by atoms with E-state index in [1.165, 1.54) is 30.7 Å². The number of para-hydroxylation sites is 1. The fourth-order valence-corrected chi connectivity index (χ4v) is 9.64. The standard InChI is InChI=1S/C44H58N4O8/c1-25-35-20-32(44(35,3)4)21-36(25)46-42(52)39-38(26(2)50)37(24-49)56-48(39)22-28-14-11-15-34(40(28)55-7)29-17-30(19-31(18-29)43(53)54)41(51)45-33(23-47(5)6)16-27-12-9-8-10-13-27/h8-15,17-19,25-26,32-33,35-39,49-50H,16,20-24H2,1-7H3,(H,45,51)(H,46,52)(H,53,54)/t25-,26-,32-,33-,35+,36-,37-,38+,39-/m0/s1. The van der Waals surface area contributed by atoms with Crippen LogP contribution in [0.15, 0.2) is 66.7 Å². The lowest BCUT2D eigenvalue weighted by atomic mass is 9.45. The van der Waals surface area contributed by atoms with Gasteiger partial charge < -0.3 is 35.6 Å². The Bertz CT molecular complexity index is 1880. The number of carbonyl (C=O) groups is 3. The van der Waals surface area contributed by atoms with Gasteiger partial charge in [-0.1, -0.05) is 69.3 Å². The van der Waals surface area contributed by atoms with Crippen LogP contribution in [0.5, 0.6) is 5.75 Å². The van der Waals surface area contributed by atoms with Gasteiger partial charge in [-0.15, -0.1) is 0 Å². The number of likely N-dealkylation sites (N-methyl/N-ethyl adjacent to an activating group) is 1. The molecule has 3 aromatic rings. The van der Waals surface area contributed by atoms with Crippen molar-refractivity contribution in [2.24, 2.45) is 29.1 Å². The molecule has 56 heavy (non-hydrogen) atoms. The molecule has 2 bridgehead atoms. The molecule has 9 atom stereocenters. The highest BCUT2D eigenvalue weighted by atomic mass is 16.7. The van der Waals surface area contributed by atoms with Crippen molar-refractivity contribution in [3.8, 4) is 16.9 Å². The first-order chi connectivity index (χ1) is 26.6. The summed E-state index contributed by atoms with van der Waals surface area (Å²) in [5.41, 5.74) is 3.07. The number of hydroxylamine groups is 2. The van der Waals surface area contributed by atoms with E-state index in [4.69, 9.17) is 9.57 Å². The quantitative estimate of drug-likeness (QED) is 0.148. The topological polar surface area (TPSA) is 161 Å². The number of aliphatic hydroxyl groups is 2. The van der Waals surface area contributed by atoms with E-state index in [-0.39, 0.29) is 41.1 Å². The minimum absolute atomic E-state index is 0.00813. The highest BCUT2D eigenvalue weighted by molar-refractivity contribution is 6.00. The van der Waals surface area contributed by atoms with Crippen LogP contribution in [-0.2, 0) is 22.6 Å². The van der Waals surface area contributed by atoms with Crippen LogP contribution in [0, 0.1) is 29.1 Å². The van der Waals surface area contributed by atoms with Crippen molar-refractivity contribution in [1.82, 2.24) is 20.6 Å². The molecule has 3 aromatic carbocycles. The van der Waals surface area contributed by atoms with E-state index < -0.39 is 42.7 Å². The van der Waals surface area contributed by atoms with Crippen LogP contribution in [-0.4, -0.2) is 108 Å². The molecule has 12 heteroatoms. The molecule has 4 fully saturated rings. The highest BCUT2D eigenvalue weighted by Crippen LogP contribution is 2.61. The van der Waals surface area contributed by atoms with Gasteiger partial charge in [-0.2, -0.15) is 5.06 Å². The van der Waals surface area contributed by atoms with Crippen molar-refractivity contribution >= 4 is 17.8 Å². The number of aromatic carboxylic acids is 1. The molecule has 7 rings (SSSR count). The Labute approximate surface area is 330 Å². The number of fused-ring (bicyclic) bond motifs is 2. The molecule has 0 unspecified atom stereocenters. The number of carboxylic acids is 1. The van der Waals surface area contributed by atoms with E-state index in [2.05, 4.69) is 31.4 Å². The Hall–Kier alpha value is -4.33. The summed E-state index contributed by atoms with van der Waals surface area (Å²) < 4.78 is 5.98. The van der Waals surface area contributed by atoms with Gasteiger partial charge in [0.1, 0.15) is 17.9 Å². The maximum absolute atomic E-state index is 14.2. The predicted octanol–water partition coefficient (Wildman–Crippen LogP) is 4.62. The van der Waals surface area contributed by atoms with Gasteiger partial charge in [-0.25, -0.2) is 4.79 Å². The second kappa shape index (κ2) is 17.0. The minimum atomic E-state index is -1.18. The lowest BCUT2D eigenvalue weighted by molar-refractivity contribution is -0.183. The van der Waals surface area contributed by atoms with Gasteiger partial charge in [-0.3, -0.25) is 14.4 Å².